The predicted octanol–water partition coefficient (Wildman–Crippen LogP) is 3.51. The molecule has 0 spiro atoms. The van der Waals surface area contributed by atoms with Gasteiger partial charge in [0.25, 0.3) is 0 Å². The molecule has 2 aromatic rings. The molecule has 1 atom stereocenters. The molecule has 1 fully saturated rings. The number of hydrogen-bond acceptors (Lipinski definition) is 3. The molecule has 148 valence electrons. The van der Waals surface area contributed by atoms with Crippen molar-refractivity contribution in [3.63, 3.8) is 0 Å². The van der Waals surface area contributed by atoms with Gasteiger partial charge in [-0.15, -0.1) is 0 Å². The highest BCUT2D eigenvalue weighted by atomic mass is 19.1. The Kier molecular flexibility index (Phi) is 5.88. The molecule has 2 aliphatic rings. The van der Waals surface area contributed by atoms with Crippen molar-refractivity contribution in [1.82, 2.24) is 10.2 Å². The minimum atomic E-state index is -0.233. The molecule has 4 rings (SSSR count). The highest BCUT2D eigenvalue weighted by Crippen LogP contribution is 2.31. The van der Waals surface area contributed by atoms with Crippen LogP contribution in [0.25, 0.3) is 0 Å². The summed E-state index contributed by atoms with van der Waals surface area (Å²) in [6.07, 6.45) is 2.57. The molecule has 0 aromatic heterocycles. The molecule has 0 saturated carbocycles. The zero-order valence-corrected chi connectivity index (χ0v) is 15.9. The van der Waals surface area contributed by atoms with Gasteiger partial charge in [0.05, 0.1) is 19.3 Å². The quantitative estimate of drug-likeness (QED) is 0.831. The second-order valence-corrected chi connectivity index (χ2v) is 7.43. The van der Waals surface area contributed by atoms with E-state index < -0.39 is 0 Å². The third kappa shape index (κ3) is 4.69. The number of morpholine rings is 1. The van der Waals surface area contributed by atoms with E-state index in [0.29, 0.717) is 0 Å². The molecular weight excluding hydrogens is 357 g/mol. The van der Waals surface area contributed by atoms with E-state index in [2.05, 4.69) is 27.7 Å². The number of carbonyl (C=O) groups is 1. The van der Waals surface area contributed by atoms with Crippen molar-refractivity contribution in [2.45, 2.75) is 25.3 Å². The van der Waals surface area contributed by atoms with Crippen LogP contribution in [0.4, 0.5) is 14.9 Å². The van der Waals surface area contributed by atoms with Crippen molar-refractivity contribution >= 4 is 11.7 Å². The van der Waals surface area contributed by atoms with E-state index in [0.717, 1.165) is 68.9 Å². The predicted molar refractivity (Wildman–Crippen MR) is 107 cm³/mol. The number of benzene rings is 2. The van der Waals surface area contributed by atoms with Gasteiger partial charge in [0, 0.05) is 25.3 Å². The van der Waals surface area contributed by atoms with Gasteiger partial charge in [0.1, 0.15) is 5.82 Å². The van der Waals surface area contributed by atoms with Crippen LogP contribution in [-0.4, -0.2) is 43.8 Å². The molecule has 5 nitrogen and oxygen atoms in total. The van der Waals surface area contributed by atoms with Crippen LogP contribution < -0.4 is 10.6 Å². The summed E-state index contributed by atoms with van der Waals surface area (Å²) in [5.41, 5.74) is 4.01. The van der Waals surface area contributed by atoms with E-state index in [1.165, 1.54) is 11.6 Å². The first-order chi connectivity index (χ1) is 13.7. The van der Waals surface area contributed by atoms with Gasteiger partial charge < -0.3 is 15.4 Å². The van der Waals surface area contributed by atoms with Crippen molar-refractivity contribution in [2.75, 3.05) is 38.2 Å². The number of halogens is 1. The Morgan fingerprint density at radius 3 is 2.71 bits per heavy atom. The molecule has 28 heavy (non-hydrogen) atoms. The van der Waals surface area contributed by atoms with Gasteiger partial charge in [-0.2, -0.15) is 0 Å². The van der Waals surface area contributed by atoms with Gasteiger partial charge in [0.15, 0.2) is 0 Å². The smallest absolute Gasteiger partial charge is 0.319 e. The van der Waals surface area contributed by atoms with E-state index >= 15 is 0 Å². The second kappa shape index (κ2) is 8.71. The lowest BCUT2D eigenvalue weighted by Gasteiger charge is -2.26. The summed E-state index contributed by atoms with van der Waals surface area (Å²) >= 11 is 0. The molecule has 1 aliphatic heterocycles. The van der Waals surface area contributed by atoms with Gasteiger partial charge in [-0.25, -0.2) is 9.18 Å². The van der Waals surface area contributed by atoms with Crippen LogP contribution in [0.1, 0.15) is 29.2 Å². The Morgan fingerprint density at radius 2 is 1.93 bits per heavy atom. The molecule has 1 saturated heterocycles. The molecule has 2 N–H and O–H groups in total. The lowest BCUT2D eigenvalue weighted by molar-refractivity contribution is 0.0384. The maximum atomic E-state index is 13.3. The maximum absolute atomic E-state index is 13.3. The van der Waals surface area contributed by atoms with Crippen LogP contribution in [0.2, 0.25) is 0 Å². The van der Waals surface area contributed by atoms with E-state index in [9.17, 15) is 9.18 Å². The molecule has 1 unspecified atom stereocenters. The van der Waals surface area contributed by atoms with Gasteiger partial charge in [-0.3, -0.25) is 4.90 Å². The highest BCUT2D eigenvalue weighted by molar-refractivity contribution is 5.89. The maximum Gasteiger partial charge on any atom is 0.319 e. The molecule has 2 aromatic carbocycles. The Labute approximate surface area is 164 Å². The first kappa shape index (κ1) is 18.9. The van der Waals surface area contributed by atoms with E-state index in [1.54, 1.807) is 12.1 Å². The molecular formula is C22H26FN3O2. The van der Waals surface area contributed by atoms with Gasteiger partial charge >= 0.3 is 6.03 Å². The number of carbonyl (C=O) groups excluding carboxylic acids is 1. The number of nitrogens with one attached hydrogen (secondary N) is 2. The number of ether oxygens (including phenoxy) is 1. The van der Waals surface area contributed by atoms with Crippen molar-refractivity contribution in [3.8, 4) is 0 Å². The summed E-state index contributed by atoms with van der Waals surface area (Å²) in [5, 5.41) is 5.89. The fourth-order valence-corrected chi connectivity index (χ4v) is 3.93. The number of aryl methyl sites for hydroxylation is 1. The zero-order chi connectivity index (χ0) is 19.3. The van der Waals surface area contributed by atoms with Gasteiger partial charge in [0.2, 0.25) is 0 Å². The second-order valence-electron chi connectivity index (χ2n) is 7.43. The summed E-state index contributed by atoms with van der Waals surface area (Å²) < 4.78 is 18.7. The van der Waals surface area contributed by atoms with E-state index in [1.807, 2.05) is 12.1 Å². The zero-order valence-electron chi connectivity index (χ0n) is 15.9. The van der Waals surface area contributed by atoms with Crippen molar-refractivity contribution in [3.05, 3.63) is 65.0 Å². The van der Waals surface area contributed by atoms with E-state index in [4.69, 9.17) is 4.74 Å². The van der Waals surface area contributed by atoms with Crippen LogP contribution >= 0.6 is 0 Å². The van der Waals surface area contributed by atoms with E-state index in [-0.39, 0.29) is 17.9 Å². The summed E-state index contributed by atoms with van der Waals surface area (Å²) in [4.78, 5) is 14.8. The summed E-state index contributed by atoms with van der Waals surface area (Å²) in [6, 6.07) is 12.5. The number of rotatable bonds is 5. The number of fused-ring (bicyclic) bond motifs is 1. The Hall–Kier alpha value is -2.44. The lowest BCUT2D eigenvalue weighted by atomic mass is 10.1. The van der Waals surface area contributed by atoms with Crippen molar-refractivity contribution in [1.29, 1.82) is 0 Å². The fraction of sp³-hybridized carbons (Fsp3) is 0.409. The molecule has 0 bridgehead atoms. The number of amides is 2. The largest absolute Gasteiger partial charge is 0.379 e. The molecule has 0 radical (unpaired) electrons. The van der Waals surface area contributed by atoms with Crippen LogP contribution in [0.15, 0.2) is 42.5 Å². The summed E-state index contributed by atoms with van der Waals surface area (Å²) in [5.74, 6) is -0.224. The van der Waals surface area contributed by atoms with Crippen LogP contribution in [0.3, 0.4) is 0 Å². The SMILES string of the molecule is O=C(Nc1ccc(CCN2CCOCC2)cc1)NC1CCc2cc(F)ccc21. The summed E-state index contributed by atoms with van der Waals surface area (Å²) in [6.45, 7) is 4.66. The minimum absolute atomic E-state index is 0.0663. The average molecular weight is 383 g/mol. The number of nitrogens with zero attached hydrogens (tertiary/aromatic N) is 1. The Bertz CT molecular complexity index is 819. The molecule has 2 amide bonds. The highest BCUT2D eigenvalue weighted by Gasteiger charge is 2.24. The first-order valence-corrected chi connectivity index (χ1v) is 9.92. The normalized spacial score (nSPS) is 19.2. The van der Waals surface area contributed by atoms with Crippen molar-refractivity contribution < 1.29 is 13.9 Å². The number of anilines is 1. The Morgan fingerprint density at radius 1 is 1.14 bits per heavy atom. The standard InChI is InChI=1S/C22H26FN3O2/c23-18-4-7-20-17(15-18)3-8-21(20)25-22(27)24-19-5-1-16(2-6-19)9-10-26-11-13-28-14-12-26/h1-2,4-7,15,21H,3,8-14H2,(H2,24,25,27). The lowest BCUT2D eigenvalue weighted by Crippen LogP contribution is -2.37. The van der Waals surface area contributed by atoms with Crippen LogP contribution in [0, 0.1) is 5.82 Å². The van der Waals surface area contributed by atoms with Crippen molar-refractivity contribution in [2.24, 2.45) is 0 Å². The summed E-state index contributed by atoms with van der Waals surface area (Å²) in [7, 11) is 0. The topological polar surface area (TPSA) is 53.6 Å². The number of urea groups is 1. The van der Waals surface area contributed by atoms with Gasteiger partial charge in [-0.1, -0.05) is 18.2 Å². The third-order valence-corrected chi connectivity index (χ3v) is 5.52. The van der Waals surface area contributed by atoms with Crippen LogP contribution in [-0.2, 0) is 17.6 Å². The Balaban J connectivity index is 1.27. The number of hydrogen-bond donors (Lipinski definition) is 2. The van der Waals surface area contributed by atoms with Crippen LogP contribution in [0.5, 0.6) is 0 Å². The third-order valence-electron chi connectivity index (χ3n) is 5.52. The monoisotopic (exact) mass is 383 g/mol. The molecule has 1 heterocycles. The fourth-order valence-electron chi connectivity index (χ4n) is 3.93. The average Bonchev–Trinajstić information content (AvgIpc) is 3.10. The van der Waals surface area contributed by atoms with Gasteiger partial charge in [-0.05, 0) is 60.2 Å². The molecule has 1 aliphatic carbocycles. The molecule has 6 heteroatoms. The minimum Gasteiger partial charge on any atom is -0.379 e. The first-order valence-electron chi connectivity index (χ1n) is 9.92.